The van der Waals surface area contributed by atoms with Crippen LogP contribution in [0.5, 0.6) is 5.75 Å². The minimum atomic E-state index is -4.94. The number of ketones is 1. The van der Waals surface area contributed by atoms with Crippen molar-refractivity contribution in [2.45, 2.75) is 0 Å². The second kappa shape index (κ2) is 8.02. The van der Waals surface area contributed by atoms with E-state index in [4.69, 9.17) is 23.4 Å². The van der Waals surface area contributed by atoms with E-state index in [9.17, 15) is 4.79 Å². The Bertz CT molecular complexity index is 809. The number of allylic oxidation sites excluding steroid dienone is 6. The van der Waals surface area contributed by atoms with Crippen LogP contribution in [-0.2, 0) is 4.79 Å². The topological polar surface area (TPSA) is 133 Å². The Labute approximate surface area is 145 Å². The molecule has 8 heteroatoms. The number of halogens is 1. The van der Waals surface area contributed by atoms with E-state index in [1.54, 1.807) is 19.2 Å². The molecular formula is C17H14ClNO6. The molecule has 0 saturated heterocycles. The molecule has 0 radical (unpaired) electrons. The van der Waals surface area contributed by atoms with Gasteiger partial charge in [0, 0.05) is 11.6 Å². The zero-order valence-electron chi connectivity index (χ0n) is 13.1. The molecule has 3 rings (SSSR count). The maximum absolute atomic E-state index is 12.4. The predicted molar refractivity (Wildman–Crippen MR) is 78.3 cm³/mol. The highest BCUT2D eigenvalue weighted by molar-refractivity contribution is 6.48. The molecule has 2 aliphatic rings. The Morgan fingerprint density at radius 2 is 1.60 bits per heavy atom. The molecule has 0 saturated carbocycles. The van der Waals surface area contributed by atoms with Crippen LogP contribution in [0.15, 0.2) is 66.0 Å². The first-order valence-electron chi connectivity index (χ1n) is 7.04. The Balaban J connectivity index is 0.000000399. The summed E-state index contributed by atoms with van der Waals surface area (Å²) in [5.74, 6) is 1.26. The molecule has 0 spiro atoms. The van der Waals surface area contributed by atoms with E-state index in [2.05, 4.69) is 4.99 Å². The van der Waals surface area contributed by atoms with Crippen LogP contribution in [0.25, 0.3) is 6.08 Å². The highest BCUT2D eigenvalue weighted by Crippen LogP contribution is 2.29. The maximum atomic E-state index is 12.4. The third-order valence-corrected chi connectivity index (χ3v) is 3.21. The van der Waals surface area contributed by atoms with Crippen molar-refractivity contribution in [3.8, 4) is 5.75 Å². The summed E-state index contributed by atoms with van der Waals surface area (Å²) in [4.78, 5) is 15.3. The van der Waals surface area contributed by atoms with Crippen LogP contribution in [0.1, 0.15) is 5.56 Å². The van der Waals surface area contributed by atoms with E-state index in [1.807, 2.05) is 48.6 Å². The summed E-state index contributed by atoms with van der Waals surface area (Å²) in [6.07, 6.45) is 11.0. The van der Waals surface area contributed by atoms with Crippen LogP contribution in [0.2, 0.25) is 0 Å². The van der Waals surface area contributed by atoms with Gasteiger partial charge in [-0.25, -0.2) is 23.6 Å². The third kappa shape index (κ3) is 5.49. The van der Waals surface area contributed by atoms with Crippen LogP contribution < -0.4 is 28.4 Å². The molecule has 1 aliphatic carbocycles. The zero-order chi connectivity index (χ0) is 18.4. The van der Waals surface area contributed by atoms with E-state index < -0.39 is 10.2 Å². The van der Waals surface area contributed by atoms with E-state index in [0.717, 1.165) is 11.3 Å². The number of para-hydroxylation sites is 1. The molecule has 25 heavy (non-hydrogen) atoms. The van der Waals surface area contributed by atoms with Crippen molar-refractivity contribution in [2.75, 3.05) is 7.05 Å². The smallest absolute Gasteiger partial charge is 0.259 e. The van der Waals surface area contributed by atoms with Crippen molar-refractivity contribution in [3.05, 3.63) is 71.5 Å². The van der Waals surface area contributed by atoms with Gasteiger partial charge in [-0.2, -0.15) is 0 Å². The van der Waals surface area contributed by atoms with Gasteiger partial charge in [0.1, 0.15) is 18.6 Å². The van der Waals surface area contributed by atoms with Crippen molar-refractivity contribution in [3.63, 3.8) is 0 Å². The Morgan fingerprint density at radius 1 is 0.960 bits per heavy atom. The average Bonchev–Trinajstić information content (AvgIpc) is 2.74. The molecular weight excluding hydrogens is 350 g/mol. The summed E-state index contributed by atoms with van der Waals surface area (Å²) in [6, 6.07) is 7.74. The monoisotopic (exact) mass is 363 g/mol. The largest absolute Gasteiger partial charge is 0.456 e. The SMILES string of the molecule is C[NH+]=C1C=CC=C/C(=C2\C=Cc3ccccc3O2)C1=O.[O-][Cl+3]([O-])([O-])[O-]. The van der Waals surface area contributed by atoms with E-state index in [-0.39, 0.29) is 5.78 Å². The molecule has 1 aliphatic heterocycles. The highest BCUT2D eigenvalue weighted by Gasteiger charge is 2.23. The molecule has 0 aromatic heterocycles. The highest BCUT2D eigenvalue weighted by atomic mass is 35.7. The average molecular weight is 364 g/mol. The summed E-state index contributed by atoms with van der Waals surface area (Å²) in [5.41, 5.74) is 2.11. The lowest BCUT2D eigenvalue weighted by Gasteiger charge is -2.17. The van der Waals surface area contributed by atoms with Gasteiger partial charge < -0.3 is 4.74 Å². The van der Waals surface area contributed by atoms with E-state index >= 15 is 0 Å². The standard InChI is InChI=1S/C17H13NO2.ClHO4/c1-18-14-8-4-3-7-13(17(14)19)16-11-10-12-6-2-5-9-15(12)20-16;2-1(3,4)5/h2-11H,1H3;(H,2,3,4,5)/b16-13-,18-14?;. The summed E-state index contributed by atoms with van der Waals surface area (Å²) in [7, 11) is -3.21. The lowest BCUT2D eigenvalue weighted by atomic mass is 10.0. The molecule has 1 N–H and O–H groups in total. The van der Waals surface area contributed by atoms with Gasteiger partial charge in [0.25, 0.3) is 5.78 Å². The number of nitrogens with one attached hydrogen (secondary N) is 1. The predicted octanol–water partition coefficient (Wildman–Crippen LogP) is -3.56. The maximum Gasteiger partial charge on any atom is 0.259 e. The lowest BCUT2D eigenvalue weighted by molar-refractivity contribution is -2.00. The number of Topliss-reactive ketones (excluding diaryl/α,β-unsaturated/α-hetero) is 1. The van der Waals surface area contributed by atoms with Gasteiger partial charge in [0.15, 0.2) is 0 Å². The molecule has 7 nitrogen and oxygen atoms in total. The molecule has 0 fully saturated rings. The molecule has 0 unspecified atom stereocenters. The minimum Gasteiger partial charge on any atom is -0.456 e. The van der Waals surface area contributed by atoms with E-state index in [1.165, 1.54) is 0 Å². The number of rotatable bonds is 0. The fraction of sp³-hybridized carbons (Fsp3) is 0.0588. The molecule has 0 amide bonds. The van der Waals surface area contributed by atoms with Crippen LogP contribution in [0.3, 0.4) is 0 Å². The van der Waals surface area contributed by atoms with Crippen molar-refractivity contribution in [2.24, 2.45) is 0 Å². The second-order valence-corrected chi connectivity index (χ2v) is 5.60. The fourth-order valence-electron chi connectivity index (χ4n) is 2.16. The van der Waals surface area contributed by atoms with Crippen LogP contribution in [0.4, 0.5) is 0 Å². The van der Waals surface area contributed by atoms with Crippen molar-refractivity contribution >= 4 is 17.6 Å². The van der Waals surface area contributed by atoms with Gasteiger partial charge in [-0.3, -0.25) is 4.79 Å². The quantitative estimate of drug-likeness (QED) is 0.474. The first-order valence-corrected chi connectivity index (χ1v) is 8.28. The van der Waals surface area contributed by atoms with Crippen molar-refractivity contribution in [1.29, 1.82) is 0 Å². The Hall–Kier alpha value is -2.55. The van der Waals surface area contributed by atoms with E-state index in [0.29, 0.717) is 17.0 Å². The number of hydrogen-bond donors (Lipinski definition) is 1. The van der Waals surface area contributed by atoms with Crippen LogP contribution in [0, 0.1) is 10.2 Å². The number of ether oxygens (including phenoxy) is 1. The Kier molecular flexibility index (Phi) is 6.02. The summed E-state index contributed by atoms with van der Waals surface area (Å²) in [6.45, 7) is 0. The van der Waals surface area contributed by atoms with Gasteiger partial charge in [0.2, 0.25) is 5.71 Å². The molecule has 0 atom stereocenters. The molecule has 0 bridgehead atoms. The zero-order valence-corrected chi connectivity index (χ0v) is 13.9. The number of carbonyl (C=O) groups excluding carboxylic acids is 1. The number of benzene rings is 1. The van der Waals surface area contributed by atoms with Crippen LogP contribution in [-0.4, -0.2) is 18.5 Å². The summed E-state index contributed by atoms with van der Waals surface area (Å²) in [5, 5.41) is 0. The minimum absolute atomic E-state index is 0.0727. The van der Waals surface area contributed by atoms with Crippen LogP contribution >= 0.6 is 0 Å². The van der Waals surface area contributed by atoms with Gasteiger partial charge in [-0.1, -0.05) is 30.4 Å². The molecule has 1 aromatic carbocycles. The van der Waals surface area contributed by atoms with Gasteiger partial charge in [-0.15, -0.1) is 10.2 Å². The van der Waals surface area contributed by atoms with Crippen molar-refractivity contribution in [1.82, 2.24) is 0 Å². The number of fused-ring (bicyclic) bond motifs is 1. The second-order valence-electron chi connectivity index (χ2n) is 4.84. The van der Waals surface area contributed by atoms with Gasteiger partial charge >= 0.3 is 0 Å². The van der Waals surface area contributed by atoms with Gasteiger partial charge in [-0.05, 0) is 24.3 Å². The lowest BCUT2D eigenvalue weighted by Crippen LogP contribution is -2.69. The number of hydrogen-bond acceptors (Lipinski definition) is 6. The Morgan fingerprint density at radius 3 is 2.28 bits per heavy atom. The van der Waals surface area contributed by atoms with Gasteiger partial charge in [0.05, 0.1) is 5.57 Å². The third-order valence-electron chi connectivity index (χ3n) is 3.21. The van der Waals surface area contributed by atoms with Crippen molar-refractivity contribution < 1.29 is 43.4 Å². The summed E-state index contributed by atoms with van der Waals surface area (Å²) < 4.78 is 39.8. The molecule has 130 valence electrons. The molecule has 1 heterocycles. The summed E-state index contributed by atoms with van der Waals surface area (Å²) >= 11 is 0. The normalized spacial score (nSPS) is 20.5. The molecule has 1 aromatic rings. The first-order chi connectivity index (χ1) is 11.8. The fourth-order valence-corrected chi connectivity index (χ4v) is 2.16. The first kappa shape index (κ1) is 18.8. The number of carbonyl (C=O) groups is 1.